The quantitative estimate of drug-likeness (QED) is 0.799. The fourth-order valence-electron chi connectivity index (χ4n) is 3.85. The van der Waals surface area contributed by atoms with Crippen LogP contribution in [0.15, 0.2) is 47.5 Å². The Morgan fingerprint density at radius 1 is 1.17 bits per heavy atom. The highest BCUT2D eigenvalue weighted by Gasteiger charge is 2.32. The minimum atomic E-state index is 0.0122. The Balaban J connectivity index is 1.72. The highest BCUT2D eigenvalue weighted by molar-refractivity contribution is 6.04. The molecule has 152 valence electrons. The number of fused-ring (bicyclic) bond motifs is 2. The fourth-order valence-corrected chi connectivity index (χ4v) is 3.85. The second-order valence-electron chi connectivity index (χ2n) is 7.16. The summed E-state index contributed by atoms with van der Waals surface area (Å²) in [5.74, 6) is 2.85. The maximum atomic E-state index is 12.3. The number of piperazine rings is 1. The summed E-state index contributed by atoms with van der Waals surface area (Å²) in [6.07, 6.45) is 0. The van der Waals surface area contributed by atoms with Crippen molar-refractivity contribution in [1.82, 2.24) is 9.80 Å². The van der Waals surface area contributed by atoms with E-state index in [4.69, 9.17) is 19.2 Å². The number of nitrogens with zero attached hydrogens (tertiary/aromatic N) is 3. The maximum absolute atomic E-state index is 12.3. The average molecular weight is 395 g/mol. The van der Waals surface area contributed by atoms with Crippen molar-refractivity contribution in [2.45, 2.75) is 13.0 Å². The number of carbonyl (C=O) groups is 1. The predicted molar refractivity (Wildman–Crippen MR) is 110 cm³/mol. The largest absolute Gasteiger partial charge is 0.493 e. The van der Waals surface area contributed by atoms with Crippen molar-refractivity contribution < 1.29 is 19.0 Å². The molecule has 0 saturated carbocycles. The molecule has 1 fully saturated rings. The van der Waals surface area contributed by atoms with Crippen LogP contribution in [0.4, 0.5) is 5.69 Å². The molecule has 0 radical (unpaired) electrons. The minimum absolute atomic E-state index is 0.0122. The van der Waals surface area contributed by atoms with Crippen LogP contribution in [0.1, 0.15) is 12.5 Å². The predicted octanol–water partition coefficient (Wildman–Crippen LogP) is 3.06. The first-order chi connectivity index (χ1) is 14.1. The maximum Gasteiger partial charge on any atom is 0.248 e. The van der Waals surface area contributed by atoms with E-state index in [1.165, 1.54) is 0 Å². The topological polar surface area (TPSA) is 63.6 Å². The van der Waals surface area contributed by atoms with Gasteiger partial charge in [0.25, 0.3) is 0 Å². The van der Waals surface area contributed by atoms with E-state index in [0.29, 0.717) is 36.9 Å². The molecular weight excluding hydrogens is 370 g/mol. The number of rotatable bonds is 3. The van der Waals surface area contributed by atoms with Crippen molar-refractivity contribution in [3.8, 4) is 17.2 Å². The molecule has 4 rings (SSSR count). The molecule has 2 aliphatic rings. The molecular formula is C22H25N3O4. The molecule has 0 aromatic heterocycles. The SMILES string of the molecule is COCC(=O)N1CCN(C2=Nc3ccccc3Oc3c(OC)cccc32)CC1C. The number of amidine groups is 1. The van der Waals surface area contributed by atoms with Crippen LogP contribution in [-0.2, 0) is 9.53 Å². The van der Waals surface area contributed by atoms with E-state index in [1.54, 1.807) is 14.2 Å². The summed E-state index contributed by atoms with van der Waals surface area (Å²) in [4.78, 5) is 21.3. The monoisotopic (exact) mass is 395 g/mol. The second-order valence-corrected chi connectivity index (χ2v) is 7.16. The Labute approximate surface area is 170 Å². The lowest BCUT2D eigenvalue weighted by Crippen LogP contribution is -2.56. The van der Waals surface area contributed by atoms with E-state index in [0.717, 1.165) is 17.1 Å². The molecule has 7 heteroatoms. The zero-order valence-electron chi connectivity index (χ0n) is 16.9. The van der Waals surface area contributed by atoms with Crippen molar-refractivity contribution in [3.63, 3.8) is 0 Å². The first-order valence-electron chi connectivity index (χ1n) is 9.68. The zero-order chi connectivity index (χ0) is 20.4. The van der Waals surface area contributed by atoms with Crippen molar-refractivity contribution >= 4 is 17.4 Å². The molecule has 1 atom stereocenters. The lowest BCUT2D eigenvalue weighted by molar-refractivity contribution is -0.138. The molecule has 0 N–H and O–H groups in total. The third-order valence-corrected chi connectivity index (χ3v) is 5.26. The zero-order valence-corrected chi connectivity index (χ0v) is 16.9. The number of para-hydroxylation sites is 3. The van der Waals surface area contributed by atoms with E-state index in [2.05, 4.69) is 4.90 Å². The Morgan fingerprint density at radius 2 is 2.00 bits per heavy atom. The Hall–Kier alpha value is -3.06. The molecule has 2 aliphatic heterocycles. The lowest BCUT2D eigenvalue weighted by atomic mass is 10.1. The summed E-state index contributed by atoms with van der Waals surface area (Å²) in [7, 11) is 3.18. The molecule has 1 saturated heterocycles. The molecule has 2 aromatic carbocycles. The third-order valence-electron chi connectivity index (χ3n) is 5.26. The van der Waals surface area contributed by atoms with Crippen LogP contribution in [0, 0.1) is 0 Å². The first-order valence-corrected chi connectivity index (χ1v) is 9.68. The van der Waals surface area contributed by atoms with Crippen LogP contribution in [-0.4, -0.2) is 68.0 Å². The summed E-state index contributed by atoms with van der Waals surface area (Å²) >= 11 is 0. The van der Waals surface area contributed by atoms with Crippen LogP contribution in [0.5, 0.6) is 17.2 Å². The highest BCUT2D eigenvalue weighted by Crippen LogP contribution is 2.42. The molecule has 7 nitrogen and oxygen atoms in total. The number of methoxy groups -OCH3 is 2. The second kappa shape index (κ2) is 8.13. The van der Waals surface area contributed by atoms with Gasteiger partial charge in [-0.3, -0.25) is 4.79 Å². The van der Waals surface area contributed by atoms with Gasteiger partial charge in [0.2, 0.25) is 5.91 Å². The molecule has 29 heavy (non-hydrogen) atoms. The fraction of sp³-hybridized carbons (Fsp3) is 0.364. The van der Waals surface area contributed by atoms with Crippen molar-refractivity contribution in [3.05, 3.63) is 48.0 Å². The van der Waals surface area contributed by atoms with Gasteiger partial charge in [-0.05, 0) is 31.2 Å². The van der Waals surface area contributed by atoms with Gasteiger partial charge in [0.05, 0.1) is 12.7 Å². The standard InChI is InChI=1S/C22H25N3O4/c1-15-13-24(11-12-25(15)20(26)14-27-2)22-16-7-6-10-19(28-3)21(16)29-18-9-5-4-8-17(18)23-22/h4-10,15H,11-14H2,1-3H3. The Kier molecular flexibility index (Phi) is 5.40. The molecule has 2 heterocycles. The van der Waals surface area contributed by atoms with E-state index in [-0.39, 0.29) is 18.6 Å². The smallest absolute Gasteiger partial charge is 0.248 e. The van der Waals surface area contributed by atoms with Gasteiger partial charge in [0, 0.05) is 32.8 Å². The normalized spacial score (nSPS) is 18.2. The summed E-state index contributed by atoms with van der Waals surface area (Å²) in [5, 5.41) is 0. The third kappa shape index (κ3) is 3.65. The van der Waals surface area contributed by atoms with E-state index in [1.807, 2.05) is 54.3 Å². The van der Waals surface area contributed by atoms with Crippen molar-refractivity contribution in [2.24, 2.45) is 4.99 Å². The van der Waals surface area contributed by atoms with Crippen molar-refractivity contribution in [1.29, 1.82) is 0 Å². The molecule has 0 bridgehead atoms. The molecule has 0 aliphatic carbocycles. The number of ether oxygens (including phenoxy) is 3. The minimum Gasteiger partial charge on any atom is -0.493 e. The van der Waals surface area contributed by atoms with Gasteiger partial charge in [-0.15, -0.1) is 0 Å². The van der Waals surface area contributed by atoms with Crippen LogP contribution in [0.2, 0.25) is 0 Å². The van der Waals surface area contributed by atoms with Gasteiger partial charge < -0.3 is 24.0 Å². The molecule has 2 aromatic rings. The number of benzene rings is 2. The van der Waals surface area contributed by atoms with Crippen LogP contribution >= 0.6 is 0 Å². The van der Waals surface area contributed by atoms with Gasteiger partial charge in [-0.25, -0.2) is 4.99 Å². The van der Waals surface area contributed by atoms with Crippen LogP contribution in [0.3, 0.4) is 0 Å². The number of hydrogen-bond donors (Lipinski definition) is 0. The summed E-state index contributed by atoms with van der Waals surface area (Å²) < 4.78 is 16.8. The number of amides is 1. The molecule has 1 unspecified atom stereocenters. The van der Waals surface area contributed by atoms with Gasteiger partial charge in [-0.1, -0.05) is 18.2 Å². The van der Waals surface area contributed by atoms with Gasteiger partial charge in [-0.2, -0.15) is 0 Å². The van der Waals surface area contributed by atoms with E-state index >= 15 is 0 Å². The van der Waals surface area contributed by atoms with Crippen LogP contribution < -0.4 is 9.47 Å². The van der Waals surface area contributed by atoms with Gasteiger partial charge in [0.1, 0.15) is 18.1 Å². The number of hydrogen-bond acceptors (Lipinski definition) is 6. The Morgan fingerprint density at radius 3 is 2.76 bits per heavy atom. The van der Waals surface area contributed by atoms with Crippen molar-refractivity contribution in [2.75, 3.05) is 40.5 Å². The van der Waals surface area contributed by atoms with E-state index in [9.17, 15) is 4.79 Å². The highest BCUT2D eigenvalue weighted by atomic mass is 16.5. The summed E-state index contributed by atoms with van der Waals surface area (Å²) in [6.45, 7) is 4.12. The lowest BCUT2D eigenvalue weighted by Gasteiger charge is -2.41. The molecule has 0 spiro atoms. The number of carbonyl (C=O) groups excluding carboxylic acids is 1. The van der Waals surface area contributed by atoms with Gasteiger partial charge in [0.15, 0.2) is 17.2 Å². The van der Waals surface area contributed by atoms with Gasteiger partial charge >= 0.3 is 0 Å². The Bertz CT molecular complexity index is 943. The summed E-state index contributed by atoms with van der Waals surface area (Å²) in [5.41, 5.74) is 1.65. The van der Waals surface area contributed by atoms with E-state index < -0.39 is 0 Å². The number of aliphatic imine (C=N–C) groups is 1. The average Bonchev–Trinajstić information content (AvgIpc) is 2.90. The molecule has 1 amide bonds. The van der Waals surface area contributed by atoms with Crippen LogP contribution in [0.25, 0.3) is 0 Å². The summed E-state index contributed by atoms with van der Waals surface area (Å²) in [6, 6.07) is 13.6. The first kappa shape index (κ1) is 19.3.